The summed E-state index contributed by atoms with van der Waals surface area (Å²) in [6.07, 6.45) is 0. The van der Waals surface area contributed by atoms with Crippen LogP contribution in [0.3, 0.4) is 0 Å². The molecule has 14 heavy (non-hydrogen) atoms. The molecule has 0 aliphatic rings. The number of hydroxylamine groups is 2. The van der Waals surface area contributed by atoms with Crippen molar-refractivity contribution in [3.8, 4) is 11.5 Å². The van der Waals surface area contributed by atoms with E-state index in [1.54, 1.807) is 21.3 Å². The lowest BCUT2D eigenvalue weighted by Gasteiger charge is -2.15. The van der Waals surface area contributed by atoms with Crippen LogP contribution in [0.2, 0.25) is 0 Å². The maximum Gasteiger partial charge on any atom is 0.127 e. The van der Waals surface area contributed by atoms with Gasteiger partial charge in [0.15, 0.2) is 0 Å². The van der Waals surface area contributed by atoms with Gasteiger partial charge in [0, 0.05) is 7.05 Å². The lowest BCUT2D eigenvalue weighted by Crippen LogP contribution is -2.13. The fourth-order valence-electron chi connectivity index (χ4n) is 1.31. The Morgan fingerprint density at radius 3 is 2.07 bits per heavy atom. The molecule has 4 nitrogen and oxygen atoms in total. The first-order valence-electron chi connectivity index (χ1n) is 4.29. The van der Waals surface area contributed by atoms with E-state index in [0.29, 0.717) is 18.0 Å². The Hall–Kier alpha value is -1.26. The summed E-state index contributed by atoms with van der Waals surface area (Å²) in [7, 11) is 4.76. The minimum atomic E-state index is 0.368. The lowest BCUT2D eigenvalue weighted by molar-refractivity contribution is -0.0739. The first-order chi connectivity index (χ1) is 6.69. The van der Waals surface area contributed by atoms with E-state index in [1.807, 2.05) is 18.2 Å². The van der Waals surface area contributed by atoms with E-state index in [9.17, 15) is 0 Å². The van der Waals surface area contributed by atoms with Gasteiger partial charge in [-0.15, -0.1) is 0 Å². The van der Waals surface area contributed by atoms with Gasteiger partial charge in [0.25, 0.3) is 0 Å². The van der Waals surface area contributed by atoms with Crippen LogP contribution in [0.25, 0.3) is 0 Å². The van der Waals surface area contributed by atoms with Crippen LogP contribution in [0.4, 0.5) is 0 Å². The van der Waals surface area contributed by atoms with Crippen LogP contribution >= 0.6 is 0 Å². The second-order valence-electron chi connectivity index (χ2n) is 2.96. The summed E-state index contributed by atoms with van der Waals surface area (Å²) in [5, 5.41) is 10.3. The summed E-state index contributed by atoms with van der Waals surface area (Å²) in [5.74, 6) is 1.43. The van der Waals surface area contributed by atoms with Crippen molar-refractivity contribution in [2.75, 3.05) is 21.3 Å². The predicted octanol–water partition coefficient (Wildman–Crippen LogP) is 1.52. The average molecular weight is 197 g/mol. The van der Waals surface area contributed by atoms with Crippen molar-refractivity contribution in [2.24, 2.45) is 0 Å². The summed E-state index contributed by atoms with van der Waals surface area (Å²) in [5.41, 5.74) is 0.836. The van der Waals surface area contributed by atoms with E-state index in [0.717, 1.165) is 10.6 Å². The Labute approximate surface area is 83.6 Å². The SMILES string of the molecule is COc1cccc(OC)c1CN(C)O. The fourth-order valence-corrected chi connectivity index (χ4v) is 1.31. The first kappa shape index (κ1) is 10.8. The monoisotopic (exact) mass is 197 g/mol. The van der Waals surface area contributed by atoms with Gasteiger partial charge in [0.05, 0.1) is 26.3 Å². The molecule has 4 heteroatoms. The Balaban J connectivity index is 3.05. The van der Waals surface area contributed by atoms with Gasteiger partial charge in [0.2, 0.25) is 0 Å². The molecule has 0 radical (unpaired) electrons. The number of methoxy groups -OCH3 is 2. The van der Waals surface area contributed by atoms with E-state index in [-0.39, 0.29) is 0 Å². The Morgan fingerprint density at radius 1 is 1.21 bits per heavy atom. The number of hydrogen-bond donors (Lipinski definition) is 1. The molecule has 0 amide bonds. The second-order valence-corrected chi connectivity index (χ2v) is 2.96. The molecular weight excluding hydrogens is 182 g/mol. The van der Waals surface area contributed by atoms with E-state index >= 15 is 0 Å². The molecule has 0 saturated carbocycles. The van der Waals surface area contributed by atoms with Crippen molar-refractivity contribution in [1.82, 2.24) is 5.06 Å². The molecule has 0 atom stereocenters. The van der Waals surface area contributed by atoms with Gasteiger partial charge in [-0.2, -0.15) is 5.06 Å². The standard InChI is InChI=1S/C10H15NO3/c1-11(12)7-8-9(13-2)5-4-6-10(8)14-3/h4-6,12H,7H2,1-3H3. The van der Waals surface area contributed by atoms with Crippen molar-refractivity contribution in [2.45, 2.75) is 6.54 Å². The Morgan fingerprint density at radius 2 is 1.71 bits per heavy atom. The molecule has 1 N–H and O–H groups in total. The van der Waals surface area contributed by atoms with Crippen molar-refractivity contribution in [3.63, 3.8) is 0 Å². The van der Waals surface area contributed by atoms with Crippen molar-refractivity contribution in [1.29, 1.82) is 0 Å². The van der Waals surface area contributed by atoms with E-state index in [1.165, 1.54) is 0 Å². The molecule has 0 saturated heterocycles. The van der Waals surface area contributed by atoms with E-state index in [2.05, 4.69) is 0 Å². The van der Waals surface area contributed by atoms with Crippen LogP contribution < -0.4 is 9.47 Å². The highest BCUT2D eigenvalue weighted by molar-refractivity contribution is 5.44. The molecular formula is C10H15NO3. The maximum absolute atomic E-state index is 9.17. The van der Waals surface area contributed by atoms with Crippen LogP contribution in [-0.4, -0.2) is 31.5 Å². The van der Waals surface area contributed by atoms with Crippen LogP contribution in [0.15, 0.2) is 18.2 Å². The average Bonchev–Trinajstić information content (AvgIpc) is 2.17. The number of rotatable bonds is 4. The van der Waals surface area contributed by atoms with E-state index < -0.39 is 0 Å². The van der Waals surface area contributed by atoms with Gasteiger partial charge >= 0.3 is 0 Å². The normalized spacial score (nSPS) is 10.4. The second kappa shape index (κ2) is 4.83. The van der Waals surface area contributed by atoms with Crippen LogP contribution in [0.5, 0.6) is 11.5 Å². The molecule has 0 aromatic heterocycles. The molecule has 1 rings (SSSR count). The molecule has 0 aliphatic heterocycles. The third-order valence-electron chi connectivity index (χ3n) is 1.92. The molecule has 0 bridgehead atoms. The number of ether oxygens (including phenoxy) is 2. The topological polar surface area (TPSA) is 41.9 Å². The smallest absolute Gasteiger partial charge is 0.127 e. The molecule has 0 spiro atoms. The zero-order valence-corrected chi connectivity index (χ0v) is 8.65. The van der Waals surface area contributed by atoms with Gasteiger partial charge in [-0.3, -0.25) is 0 Å². The molecule has 1 aromatic rings. The molecule has 0 heterocycles. The first-order valence-corrected chi connectivity index (χ1v) is 4.29. The van der Waals surface area contributed by atoms with Gasteiger partial charge in [-0.1, -0.05) is 6.07 Å². The van der Waals surface area contributed by atoms with Gasteiger partial charge in [-0.25, -0.2) is 0 Å². The molecule has 1 aromatic carbocycles. The summed E-state index contributed by atoms with van der Waals surface area (Å²) in [4.78, 5) is 0. The number of benzene rings is 1. The Kier molecular flexibility index (Phi) is 3.73. The minimum absolute atomic E-state index is 0.368. The zero-order valence-electron chi connectivity index (χ0n) is 8.65. The highest BCUT2D eigenvalue weighted by Crippen LogP contribution is 2.28. The summed E-state index contributed by atoms with van der Waals surface area (Å²) >= 11 is 0. The molecule has 0 fully saturated rings. The minimum Gasteiger partial charge on any atom is -0.496 e. The fraction of sp³-hybridized carbons (Fsp3) is 0.400. The highest BCUT2D eigenvalue weighted by Gasteiger charge is 2.10. The number of hydrogen-bond acceptors (Lipinski definition) is 4. The van der Waals surface area contributed by atoms with Crippen LogP contribution in [-0.2, 0) is 6.54 Å². The number of nitrogens with zero attached hydrogens (tertiary/aromatic N) is 1. The summed E-state index contributed by atoms with van der Waals surface area (Å²) < 4.78 is 10.3. The van der Waals surface area contributed by atoms with Gasteiger partial charge in [0.1, 0.15) is 11.5 Å². The zero-order chi connectivity index (χ0) is 10.6. The quantitative estimate of drug-likeness (QED) is 0.743. The molecule has 0 unspecified atom stereocenters. The summed E-state index contributed by atoms with van der Waals surface area (Å²) in [6, 6.07) is 5.52. The third-order valence-corrected chi connectivity index (χ3v) is 1.92. The van der Waals surface area contributed by atoms with Crippen molar-refractivity contribution in [3.05, 3.63) is 23.8 Å². The van der Waals surface area contributed by atoms with Crippen LogP contribution in [0.1, 0.15) is 5.56 Å². The van der Waals surface area contributed by atoms with Gasteiger partial charge < -0.3 is 14.7 Å². The van der Waals surface area contributed by atoms with Crippen molar-refractivity contribution < 1.29 is 14.7 Å². The third kappa shape index (κ3) is 2.37. The van der Waals surface area contributed by atoms with Gasteiger partial charge in [-0.05, 0) is 12.1 Å². The largest absolute Gasteiger partial charge is 0.496 e. The molecule has 0 aliphatic carbocycles. The summed E-state index contributed by atoms with van der Waals surface area (Å²) in [6.45, 7) is 0.368. The maximum atomic E-state index is 9.17. The van der Waals surface area contributed by atoms with Crippen molar-refractivity contribution >= 4 is 0 Å². The molecule has 78 valence electrons. The Bertz CT molecular complexity index is 277. The lowest BCUT2D eigenvalue weighted by atomic mass is 10.1. The van der Waals surface area contributed by atoms with Crippen LogP contribution in [0, 0.1) is 0 Å². The van der Waals surface area contributed by atoms with E-state index in [4.69, 9.17) is 14.7 Å². The predicted molar refractivity (Wildman–Crippen MR) is 52.8 cm³/mol. The highest BCUT2D eigenvalue weighted by atomic mass is 16.5.